The quantitative estimate of drug-likeness (QED) is 0.315. The maximum atomic E-state index is 13.2. The van der Waals surface area contributed by atoms with Gasteiger partial charge in [-0.05, 0) is 39.3 Å². The highest BCUT2D eigenvalue weighted by Gasteiger charge is 2.40. The molecule has 2 aliphatic rings. The highest BCUT2D eigenvalue weighted by atomic mass is 35.5. The largest absolute Gasteiger partial charge is 0.466 e. The molecule has 37 heavy (non-hydrogen) atoms. The predicted molar refractivity (Wildman–Crippen MR) is 139 cm³/mol. The number of hydrogen-bond acceptors (Lipinski definition) is 8. The van der Waals surface area contributed by atoms with Crippen LogP contribution in [0.15, 0.2) is 45.7 Å². The van der Waals surface area contributed by atoms with Gasteiger partial charge in [-0.15, -0.1) is 0 Å². The summed E-state index contributed by atoms with van der Waals surface area (Å²) >= 11 is 12.8. The molecule has 10 nitrogen and oxygen atoms in total. The van der Waals surface area contributed by atoms with Crippen LogP contribution in [-0.2, 0) is 28.6 Å². The van der Waals surface area contributed by atoms with Gasteiger partial charge in [-0.2, -0.15) is 0 Å². The van der Waals surface area contributed by atoms with Gasteiger partial charge < -0.3 is 24.8 Å². The van der Waals surface area contributed by atoms with E-state index in [0.717, 1.165) is 0 Å². The molecule has 0 spiro atoms. The van der Waals surface area contributed by atoms with Crippen LogP contribution in [0, 0.1) is 0 Å². The van der Waals surface area contributed by atoms with E-state index in [4.69, 9.17) is 37.4 Å². The van der Waals surface area contributed by atoms with E-state index in [1.165, 1.54) is 7.11 Å². The number of ether oxygens (including phenoxy) is 3. The normalized spacial score (nSPS) is 19.9. The molecule has 1 unspecified atom stereocenters. The molecular formula is C25H30Cl2N4O6. The zero-order chi connectivity index (χ0) is 27.3. The van der Waals surface area contributed by atoms with Crippen LogP contribution in [0.1, 0.15) is 39.2 Å². The van der Waals surface area contributed by atoms with E-state index >= 15 is 0 Å². The number of dihydropyridines is 1. The minimum absolute atomic E-state index is 0.00917. The van der Waals surface area contributed by atoms with Crippen LogP contribution in [0.5, 0.6) is 0 Å². The fourth-order valence-corrected chi connectivity index (χ4v) is 4.44. The lowest BCUT2D eigenvalue weighted by atomic mass is 9.80. The molecule has 3 N–H and O–H groups in total. The molecule has 0 radical (unpaired) electrons. The van der Waals surface area contributed by atoms with Gasteiger partial charge in [-0.1, -0.05) is 35.3 Å². The Hall–Kier alpha value is -3.08. The Morgan fingerprint density at radius 3 is 2.49 bits per heavy atom. The Morgan fingerprint density at radius 2 is 1.86 bits per heavy atom. The third kappa shape index (κ3) is 6.26. The zero-order valence-electron chi connectivity index (χ0n) is 21.3. The van der Waals surface area contributed by atoms with Gasteiger partial charge >= 0.3 is 11.9 Å². The standard InChI is InChI=1S/C25H30Cl2N4O6/c1-6-37-22(33)19-16(12-36-11-10-28-24-30-23(34)25(3,4)31-24)29-13(2)17(21(32)35-5)18(19)14-8-7-9-15(26)20(14)27/h7-9,18,29H,6,10-12H2,1-5H3,(H2,28,30,31,34). The Balaban J connectivity index is 1.91. The molecule has 1 fully saturated rings. The first-order valence-corrected chi connectivity index (χ1v) is 12.4. The van der Waals surface area contributed by atoms with E-state index in [1.807, 2.05) is 0 Å². The second-order valence-electron chi connectivity index (χ2n) is 8.83. The molecule has 0 bridgehead atoms. The number of rotatable bonds is 9. The van der Waals surface area contributed by atoms with Crippen molar-refractivity contribution < 1.29 is 28.6 Å². The molecule has 2 aliphatic heterocycles. The smallest absolute Gasteiger partial charge is 0.336 e. The summed E-state index contributed by atoms with van der Waals surface area (Å²) in [7, 11) is 1.26. The highest BCUT2D eigenvalue weighted by Crippen LogP contribution is 2.43. The van der Waals surface area contributed by atoms with E-state index in [-0.39, 0.29) is 53.5 Å². The summed E-state index contributed by atoms with van der Waals surface area (Å²) in [5.74, 6) is -1.96. The van der Waals surface area contributed by atoms with Gasteiger partial charge in [0.05, 0.1) is 66.3 Å². The number of hydrogen-bond donors (Lipinski definition) is 3. The van der Waals surface area contributed by atoms with E-state index < -0.39 is 23.4 Å². The van der Waals surface area contributed by atoms with Crippen LogP contribution in [0.4, 0.5) is 0 Å². The fourth-order valence-electron chi connectivity index (χ4n) is 4.02. The molecule has 2 heterocycles. The molecule has 1 amide bonds. The van der Waals surface area contributed by atoms with Gasteiger partial charge in [-0.25, -0.2) is 9.59 Å². The molecule has 1 saturated heterocycles. The van der Waals surface area contributed by atoms with Crippen molar-refractivity contribution in [1.29, 1.82) is 0 Å². The molecule has 1 aromatic carbocycles. The number of halogens is 2. The number of carbonyl (C=O) groups excluding carboxylic acids is 3. The van der Waals surface area contributed by atoms with Gasteiger partial charge in [0.25, 0.3) is 5.91 Å². The molecule has 3 rings (SSSR count). The lowest BCUT2D eigenvalue weighted by Gasteiger charge is -2.31. The number of nitrogens with one attached hydrogen (secondary N) is 3. The number of nitrogens with zero attached hydrogens (tertiary/aromatic N) is 1. The number of carbonyl (C=O) groups is 3. The second-order valence-corrected chi connectivity index (χ2v) is 9.62. The minimum atomic E-state index is -0.905. The van der Waals surface area contributed by atoms with Crippen LogP contribution in [0.25, 0.3) is 0 Å². The lowest BCUT2D eigenvalue weighted by Crippen LogP contribution is -2.40. The topological polar surface area (TPSA) is 127 Å². The minimum Gasteiger partial charge on any atom is -0.466 e. The Kier molecular flexibility index (Phi) is 9.22. The third-order valence-electron chi connectivity index (χ3n) is 5.82. The van der Waals surface area contributed by atoms with Crippen LogP contribution >= 0.6 is 23.2 Å². The van der Waals surface area contributed by atoms with Crippen LogP contribution in [0.3, 0.4) is 0 Å². The van der Waals surface area contributed by atoms with Crippen molar-refractivity contribution >= 4 is 47.0 Å². The number of benzene rings is 1. The Bertz CT molecular complexity index is 1190. The van der Waals surface area contributed by atoms with E-state index in [9.17, 15) is 14.4 Å². The molecule has 1 aromatic rings. The maximum Gasteiger partial charge on any atom is 0.336 e. The second kappa shape index (κ2) is 12.0. The Labute approximate surface area is 225 Å². The van der Waals surface area contributed by atoms with Crippen molar-refractivity contribution in [3.8, 4) is 0 Å². The van der Waals surface area contributed by atoms with Crippen molar-refractivity contribution in [2.75, 3.05) is 33.5 Å². The van der Waals surface area contributed by atoms with Gasteiger partial charge in [0.15, 0.2) is 5.96 Å². The molecule has 0 aromatic heterocycles. The summed E-state index contributed by atoms with van der Waals surface area (Å²) in [6.45, 7) is 7.44. The zero-order valence-corrected chi connectivity index (χ0v) is 22.8. The van der Waals surface area contributed by atoms with Crippen molar-refractivity contribution in [1.82, 2.24) is 16.0 Å². The number of esters is 2. The number of guanidine groups is 1. The maximum absolute atomic E-state index is 13.2. The number of aliphatic imine (C=N–C) groups is 1. The molecular weight excluding hydrogens is 523 g/mol. The van der Waals surface area contributed by atoms with Gasteiger partial charge in [-0.3, -0.25) is 15.1 Å². The van der Waals surface area contributed by atoms with Gasteiger partial charge in [0, 0.05) is 5.70 Å². The van der Waals surface area contributed by atoms with Crippen LogP contribution < -0.4 is 16.0 Å². The first kappa shape index (κ1) is 28.5. The monoisotopic (exact) mass is 552 g/mol. The van der Waals surface area contributed by atoms with Crippen molar-refractivity contribution in [2.45, 2.75) is 39.2 Å². The first-order valence-electron chi connectivity index (χ1n) is 11.6. The summed E-state index contributed by atoms with van der Waals surface area (Å²) in [4.78, 5) is 42.2. The summed E-state index contributed by atoms with van der Waals surface area (Å²) in [5, 5.41) is 9.25. The van der Waals surface area contributed by atoms with E-state index in [2.05, 4.69) is 20.9 Å². The van der Waals surface area contributed by atoms with Gasteiger partial charge in [0.2, 0.25) is 0 Å². The summed E-state index contributed by atoms with van der Waals surface area (Å²) in [5.41, 5.74) is 0.965. The number of amides is 1. The third-order valence-corrected chi connectivity index (χ3v) is 6.65. The van der Waals surface area contributed by atoms with E-state index in [1.54, 1.807) is 45.9 Å². The van der Waals surface area contributed by atoms with Gasteiger partial charge in [0.1, 0.15) is 5.54 Å². The number of allylic oxidation sites excluding steroid dienone is 1. The molecule has 200 valence electrons. The fraction of sp³-hybridized carbons (Fsp3) is 0.440. The average molecular weight is 553 g/mol. The lowest BCUT2D eigenvalue weighted by molar-refractivity contribution is -0.139. The van der Waals surface area contributed by atoms with Crippen molar-refractivity contribution in [3.05, 3.63) is 56.3 Å². The van der Waals surface area contributed by atoms with Crippen molar-refractivity contribution in [2.24, 2.45) is 4.99 Å². The molecule has 0 aliphatic carbocycles. The molecule has 0 saturated carbocycles. The number of methoxy groups -OCH3 is 1. The molecule has 1 atom stereocenters. The SMILES string of the molecule is CCOC(=O)C1=C(COCCN=C2NC(=O)C(C)(C)N2)NC(C)=C(C(=O)OC)C1c1cccc(Cl)c1Cl. The van der Waals surface area contributed by atoms with Crippen molar-refractivity contribution in [3.63, 3.8) is 0 Å². The average Bonchev–Trinajstić information content (AvgIpc) is 3.10. The molecule has 12 heteroatoms. The first-order chi connectivity index (χ1) is 17.5. The Morgan fingerprint density at radius 1 is 1.14 bits per heavy atom. The highest BCUT2D eigenvalue weighted by molar-refractivity contribution is 6.42. The summed E-state index contributed by atoms with van der Waals surface area (Å²) in [6, 6.07) is 4.99. The van der Waals surface area contributed by atoms with E-state index in [0.29, 0.717) is 22.9 Å². The predicted octanol–water partition coefficient (Wildman–Crippen LogP) is 2.82. The van der Waals surface area contributed by atoms with Crippen LogP contribution in [0.2, 0.25) is 10.0 Å². The summed E-state index contributed by atoms with van der Waals surface area (Å²) < 4.78 is 16.2. The van der Waals surface area contributed by atoms with Crippen LogP contribution in [-0.4, -0.2) is 62.8 Å². The summed E-state index contributed by atoms with van der Waals surface area (Å²) in [6.07, 6.45) is 0.